The van der Waals surface area contributed by atoms with Crippen LogP contribution in [-0.2, 0) is 9.59 Å². The lowest BCUT2D eigenvalue weighted by molar-refractivity contribution is -0.140. The molecule has 2 N–H and O–H groups in total. The van der Waals surface area contributed by atoms with Crippen LogP contribution in [-0.4, -0.2) is 22.0 Å². The van der Waals surface area contributed by atoms with Crippen molar-refractivity contribution in [2.75, 3.05) is 5.32 Å². The van der Waals surface area contributed by atoms with E-state index in [4.69, 9.17) is 16.7 Å². The predicted molar refractivity (Wildman–Crippen MR) is 66.3 cm³/mol. The fraction of sp³-hybridized carbons (Fsp3) is 0.417. The van der Waals surface area contributed by atoms with Gasteiger partial charge in [0.2, 0.25) is 5.91 Å². The number of aliphatic carboxylic acids is 1. The van der Waals surface area contributed by atoms with Gasteiger partial charge in [-0.3, -0.25) is 9.59 Å². The molecule has 1 aliphatic carbocycles. The summed E-state index contributed by atoms with van der Waals surface area (Å²) in [5, 5.41) is 11.9. The van der Waals surface area contributed by atoms with Gasteiger partial charge in [0.15, 0.2) is 0 Å². The Hall–Kier alpha value is -1.62. The van der Waals surface area contributed by atoms with Crippen molar-refractivity contribution in [2.24, 2.45) is 17.3 Å². The number of hydrogen-bond acceptors (Lipinski definition) is 3. The van der Waals surface area contributed by atoms with Crippen molar-refractivity contribution in [1.29, 1.82) is 0 Å². The molecule has 1 heterocycles. The Labute approximate surface area is 109 Å². The van der Waals surface area contributed by atoms with Gasteiger partial charge >= 0.3 is 5.97 Å². The van der Waals surface area contributed by atoms with Crippen LogP contribution < -0.4 is 5.32 Å². The molecule has 2 unspecified atom stereocenters. The van der Waals surface area contributed by atoms with Gasteiger partial charge in [0.05, 0.1) is 11.8 Å². The molecule has 1 aromatic heterocycles. The van der Waals surface area contributed by atoms with E-state index in [0.717, 1.165) is 0 Å². The average Bonchev–Trinajstić information content (AvgIpc) is 2.81. The molecule has 18 heavy (non-hydrogen) atoms. The summed E-state index contributed by atoms with van der Waals surface area (Å²) in [7, 11) is 0. The van der Waals surface area contributed by atoms with Crippen LogP contribution in [0.3, 0.4) is 0 Å². The van der Waals surface area contributed by atoms with E-state index in [-0.39, 0.29) is 11.1 Å². The molecule has 2 atom stereocenters. The number of nitrogens with one attached hydrogen (secondary N) is 1. The summed E-state index contributed by atoms with van der Waals surface area (Å²) in [6.45, 7) is 3.55. The molecule has 0 bridgehead atoms. The Kier molecular flexibility index (Phi) is 3.02. The third-order valence-electron chi connectivity index (χ3n) is 3.37. The second-order valence-electron chi connectivity index (χ2n) is 4.97. The Morgan fingerprint density at radius 2 is 2.11 bits per heavy atom. The zero-order valence-electron chi connectivity index (χ0n) is 9.98. The molecule has 5 nitrogen and oxygen atoms in total. The standard InChI is InChI=1S/C12H13ClN2O3/c1-12(2)8(9(12)11(17)18)10(16)15-6-3-4-14-7(13)5-6/h3-5,8-9H,1-2H3,(H,17,18)(H,14,15,16). The lowest BCUT2D eigenvalue weighted by Gasteiger charge is -2.05. The largest absolute Gasteiger partial charge is 0.481 e. The smallest absolute Gasteiger partial charge is 0.307 e. The summed E-state index contributed by atoms with van der Waals surface area (Å²) in [5.74, 6) is -2.38. The maximum atomic E-state index is 12.0. The molecule has 0 saturated heterocycles. The van der Waals surface area contributed by atoms with E-state index in [1.54, 1.807) is 19.9 Å². The van der Waals surface area contributed by atoms with E-state index < -0.39 is 23.2 Å². The Morgan fingerprint density at radius 3 is 2.61 bits per heavy atom. The number of nitrogens with zero attached hydrogens (tertiary/aromatic N) is 1. The van der Waals surface area contributed by atoms with Crippen LogP contribution in [0.15, 0.2) is 18.3 Å². The van der Waals surface area contributed by atoms with Gasteiger partial charge in [0.25, 0.3) is 0 Å². The lowest BCUT2D eigenvalue weighted by Crippen LogP contribution is -2.17. The number of aromatic nitrogens is 1. The first kappa shape index (κ1) is 12.8. The summed E-state index contributed by atoms with van der Waals surface area (Å²) in [6.07, 6.45) is 1.48. The first-order chi connectivity index (χ1) is 8.34. The molecular weight excluding hydrogens is 256 g/mol. The second-order valence-corrected chi connectivity index (χ2v) is 5.36. The average molecular weight is 269 g/mol. The van der Waals surface area contributed by atoms with Crippen molar-refractivity contribution in [2.45, 2.75) is 13.8 Å². The van der Waals surface area contributed by atoms with E-state index in [9.17, 15) is 9.59 Å². The number of carbonyl (C=O) groups is 2. The molecular formula is C12H13ClN2O3. The summed E-state index contributed by atoms with van der Waals surface area (Å²) in [5.41, 5.74) is 0.0130. The highest BCUT2D eigenvalue weighted by molar-refractivity contribution is 6.29. The van der Waals surface area contributed by atoms with Crippen molar-refractivity contribution in [3.63, 3.8) is 0 Å². The van der Waals surface area contributed by atoms with Crippen molar-refractivity contribution < 1.29 is 14.7 Å². The van der Waals surface area contributed by atoms with Crippen LogP contribution in [0.5, 0.6) is 0 Å². The monoisotopic (exact) mass is 268 g/mol. The number of halogens is 1. The number of pyridine rings is 1. The van der Waals surface area contributed by atoms with Gasteiger partial charge in [-0.2, -0.15) is 0 Å². The first-order valence-corrected chi connectivity index (χ1v) is 5.87. The number of hydrogen-bond donors (Lipinski definition) is 2. The van der Waals surface area contributed by atoms with E-state index >= 15 is 0 Å². The highest BCUT2D eigenvalue weighted by Crippen LogP contribution is 2.58. The molecule has 1 aromatic rings. The molecule has 0 spiro atoms. The number of anilines is 1. The highest BCUT2D eigenvalue weighted by atomic mass is 35.5. The molecule has 0 aliphatic heterocycles. The minimum absolute atomic E-state index is 0.276. The highest BCUT2D eigenvalue weighted by Gasteiger charge is 2.65. The Balaban J connectivity index is 2.08. The summed E-state index contributed by atoms with van der Waals surface area (Å²) >= 11 is 5.70. The number of rotatable bonds is 3. The molecule has 1 fully saturated rings. The van der Waals surface area contributed by atoms with E-state index in [1.165, 1.54) is 12.3 Å². The van der Waals surface area contributed by atoms with E-state index in [0.29, 0.717) is 5.69 Å². The van der Waals surface area contributed by atoms with Gasteiger partial charge in [-0.15, -0.1) is 0 Å². The third kappa shape index (κ3) is 2.18. The van der Waals surface area contributed by atoms with Crippen LogP contribution in [0.1, 0.15) is 13.8 Å². The molecule has 2 rings (SSSR count). The summed E-state index contributed by atoms with van der Waals surface area (Å²) in [6, 6.07) is 3.12. The number of carboxylic acid groups (broad SMARTS) is 1. The summed E-state index contributed by atoms with van der Waals surface area (Å²) in [4.78, 5) is 26.8. The van der Waals surface area contributed by atoms with Crippen LogP contribution in [0.2, 0.25) is 5.15 Å². The van der Waals surface area contributed by atoms with Crippen LogP contribution in [0.4, 0.5) is 5.69 Å². The molecule has 1 amide bonds. The van der Waals surface area contributed by atoms with E-state index in [1.807, 2.05) is 0 Å². The first-order valence-electron chi connectivity index (χ1n) is 5.49. The molecule has 0 aromatic carbocycles. The number of amides is 1. The van der Waals surface area contributed by atoms with Crippen molar-refractivity contribution >= 4 is 29.2 Å². The molecule has 6 heteroatoms. The van der Waals surface area contributed by atoms with Gasteiger partial charge in [0, 0.05) is 11.9 Å². The topological polar surface area (TPSA) is 79.3 Å². The van der Waals surface area contributed by atoms with Gasteiger partial charge in [-0.05, 0) is 17.5 Å². The zero-order chi connectivity index (χ0) is 13.5. The van der Waals surface area contributed by atoms with Gasteiger partial charge in [-0.1, -0.05) is 25.4 Å². The normalized spacial score (nSPS) is 24.4. The minimum Gasteiger partial charge on any atom is -0.481 e. The van der Waals surface area contributed by atoms with Gasteiger partial charge in [-0.25, -0.2) is 4.98 Å². The third-order valence-corrected chi connectivity index (χ3v) is 3.58. The van der Waals surface area contributed by atoms with Crippen molar-refractivity contribution in [3.8, 4) is 0 Å². The molecule has 1 saturated carbocycles. The van der Waals surface area contributed by atoms with Gasteiger partial charge < -0.3 is 10.4 Å². The molecule has 0 radical (unpaired) electrons. The van der Waals surface area contributed by atoms with E-state index in [2.05, 4.69) is 10.3 Å². The molecule has 1 aliphatic rings. The second kappa shape index (κ2) is 4.24. The van der Waals surface area contributed by atoms with Crippen LogP contribution >= 0.6 is 11.6 Å². The number of carbonyl (C=O) groups excluding carboxylic acids is 1. The fourth-order valence-electron chi connectivity index (χ4n) is 2.29. The number of carboxylic acids is 1. The molecule has 96 valence electrons. The van der Waals surface area contributed by atoms with Crippen LogP contribution in [0, 0.1) is 17.3 Å². The predicted octanol–water partition coefficient (Wildman–Crippen LogP) is 2.03. The quantitative estimate of drug-likeness (QED) is 0.822. The van der Waals surface area contributed by atoms with Gasteiger partial charge in [0.1, 0.15) is 5.15 Å². The minimum atomic E-state index is -0.937. The fourth-order valence-corrected chi connectivity index (χ4v) is 2.46. The summed E-state index contributed by atoms with van der Waals surface area (Å²) < 4.78 is 0. The Bertz CT molecular complexity index is 516. The maximum Gasteiger partial charge on any atom is 0.307 e. The van der Waals surface area contributed by atoms with Crippen molar-refractivity contribution in [1.82, 2.24) is 4.98 Å². The Morgan fingerprint density at radius 1 is 1.44 bits per heavy atom. The van der Waals surface area contributed by atoms with Crippen LogP contribution in [0.25, 0.3) is 0 Å². The van der Waals surface area contributed by atoms with Crippen molar-refractivity contribution in [3.05, 3.63) is 23.5 Å². The SMILES string of the molecule is CC1(C)C(C(=O)O)C1C(=O)Nc1ccnc(Cl)c1. The maximum absolute atomic E-state index is 12.0. The lowest BCUT2D eigenvalue weighted by atomic mass is 10.1. The zero-order valence-corrected chi connectivity index (χ0v) is 10.7.